The van der Waals surface area contributed by atoms with Gasteiger partial charge in [-0.25, -0.2) is 4.79 Å². The van der Waals surface area contributed by atoms with E-state index in [-0.39, 0.29) is 31.9 Å². The Kier molecular flexibility index (Phi) is 5.66. The zero-order valence-electron chi connectivity index (χ0n) is 11.7. The third kappa shape index (κ3) is 3.78. The summed E-state index contributed by atoms with van der Waals surface area (Å²) in [5, 5.41) is 22.8. The molecule has 0 atom stereocenters. The number of nitro groups is 1. The quantitative estimate of drug-likeness (QED) is 0.434. The van der Waals surface area contributed by atoms with Crippen LogP contribution in [0, 0.1) is 10.1 Å². The van der Waals surface area contributed by atoms with Gasteiger partial charge in [0, 0.05) is 11.0 Å². The fourth-order valence-corrected chi connectivity index (χ4v) is 3.25. The van der Waals surface area contributed by atoms with E-state index in [2.05, 4.69) is 5.32 Å². The van der Waals surface area contributed by atoms with Crippen LogP contribution in [0.25, 0.3) is 0 Å². The maximum absolute atomic E-state index is 11.2. The Balaban J connectivity index is 2.52. The first-order chi connectivity index (χ1) is 11.3. The Morgan fingerprint density at radius 2 is 1.92 bits per heavy atom. The number of hydrogen-bond acceptors (Lipinski definition) is 5. The topological polar surface area (TPSA) is 110 Å². The second kappa shape index (κ2) is 7.52. The summed E-state index contributed by atoms with van der Waals surface area (Å²) in [5.41, 5.74) is -0.366. The number of amides is 1. The van der Waals surface area contributed by atoms with E-state index in [0.717, 1.165) is 17.8 Å². The lowest BCUT2D eigenvalue weighted by Crippen LogP contribution is -2.00. The molecule has 0 heterocycles. The first kappa shape index (κ1) is 18.1. The molecule has 10 heteroatoms. The van der Waals surface area contributed by atoms with Crippen molar-refractivity contribution in [2.45, 2.75) is 9.79 Å². The van der Waals surface area contributed by atoms with Gasteiger partial charge in [0.1, 0.15) is 0 Å². The van der Waals surface area contributed by atoms with Gasteiger partial charge >= 0.3 is 5.97 Å². The number of nitro benzene ring substituents is 1. The van der Waals surface area contributed by atoms with Crippen molar-refractivity contribution in [3.05, 3.63) is 56.1 Å². The smallest absolute Gasteiger partial charge is 0.335 e. The lowest BCUT2D eigenvalue weighted by molar-refractivity contribution is -0.387. The monoisotopic (exact) mass is 386 g/mol. The Bertz CT molecular complexity index is 844. The molecule has 2 rings (SSSR count). The van der Waals surface area contributed by atoms with Gasteiger partial charge in [-0.3, -0.25) is 14.9 Å². The van der Waals surface area contributed by atoms with Crippen LogP contribution in [0.5, 0.6) is 0 Å². The van der Waals surface area contributed by atoms with Crippen LogP contribution >= 0.6 is 35.0 Å². The predicted octanol–water partition coefficient (Wildman–Crippen LogP) is 4.32. The van der Waals surface area contributed by atoms with Gasteiger partial charge < -0.3 is 10.4 Å². The minimum Gasteiger partial charge on any atom is -0.478 e. The fourth-order valence-electron chi connectivity index (χ4n) is 1.81. The number of hydrogen-bond donors (Lipinski definition) is 2. The molecule has 2 N–H and O–H groups in total. The molecule has 124 valence electrons. The van der Waals surface area contributed by atoms with Crippen LogP contribution in [-0.2, 0) is 4.79 Å². The highest BCUT2D eigenvalue weighted by molar-refractivity contribution is 7.99. The zero-order valence-corrected chi connectivity index (χ0v) is 14.0. The van der Waals surface area contributed by atoms with Gasteiger partial charge in [0.15, 0.2) is 0 Å². The van der Waals surface area contributed by atoms with Gasteiger partial charge in [-0.2, -0.15) is 0 Å². The highest BCUT2D eigenvalue weighted by Crippen LogP contribution is 2.43. The Morgan fingerprint density at radius 3 is 2.50 bits per heavy atom. The van der Waals surface area contributed by atoms with Crippen LogP contribution in [0.3, 0.4) is 0 Å². The van der Waals surface area contributed by atoms with Crippen LogP contribution in [0.1, 0.15) is 10.4 Å². The molecule has 1 amide bonds. The van der Waals surface area contributed by atoms with Crippen molar-refractivity contribution in [1.82, 2.24) is 0 Å². The standard InChI is InChI=1S/C14H8Cl2N2O5S/c15-8-2-4-11(13(12(8)16)17-6-19)24-10-3-1-7(14(20)21)5-9(10)18(22)23/h1-6H,(H,17,19)(H,20,21). The van der Waals surface area contributed by atoms with Crippen LogP contribution in [0.2, 0.25) is 10.0 Å². The number of aromatic carboxylic acids is 1. The van der Waals surface area contributed by atoms with Gasteiger partial charge in [-0.15, -0.1) is 0 Å². The average molecular weight is 387 g/mol. The molecular formula is C14H8Cl2N2O5S. The Morgan fingerprint density at radius 1 is 1.25 bits per heavy atom. The first-order valence-corrected chi connectivity index (χ1v) is 7.80. The number of nitrogens with one attached hydrogen (secondary N) is 1. The van der Waals surface area contributed by atoms with Gasteiger partial charge in [-0.05, 0) is 24.3 Å². The number of carbonyl (C=O) groups is 2. The molecule has 0 aliphatic rings. The first-order valence-electron chi connectivity index (χ1n) is 6.23. The van der Waals surface area contributed by atoms with Gasteiger partial charge in [0.25, 0.3) is 5.69 Å². The van der Waals surface area contributed by atoms with Crippen LogP contribution in [-0.4, -0.2) is 22.4 Å². The number of nitrogens with zero attached hydrogens (tertiary/aromatic N) is 1. The molecule has 0 fully saturated rings. The molecule has 0 spiro atoms. The minimum atomic E-state index is -1.27. The van der Waals surface area contributed by atoms with E-state index in [1.165, 1.54) is 18.2 Å². The predicted molar refractivity (Wildman–Crippen MR) is 90.3 cm³/mol. The van der Waals surface area contributed by atoms with Crippen molar-refractivity contribution in [2.24, 2.45) is 0 Å². The molecular weight excluding hydrogens is 379 g/mol. The van der Waals surface area contributed by atoms with Gasteiger partial charge in [0.05, 0.1) is 31.1 Å². The minimum absolute atomic E-state index is 0.0959. The summed E-state index contributed by atoms with van der Waals surface area (Å²) in [4.78, 5) is 32.8. The molecule has 2 aromatic rings. The second-order valence-electron chi connectivity index (χ2n) is 4.34. The molecule has 2 aromatic carbocycles. The third-order valence-electron chi connectivity index (χ3n) is 2.88. The molecule has 0 unspecified atom stereocenters. The van der Waals surface area contributed by atoms with Crippen molar-refractivity contribution >= 4 is 58.7 Å². The second-order valence-corrected chi connectivity index (χ2v) is 6.21. The lowest BCUT2D eigenvalue weighted by Gasteiger charge is -2.11. The largest absolute Gasteiger partial charge is 0.478 e. The summed E-state index contributed by atoms with van der Waals surface area (Å²) in [6, 6.07) is 6.57. The highest BCUT2D eigenvalue weighted by Gasteiger charge is 2.20. The van der Waals surface area contributed by atoms with Crippen molar-refractivity contribution in [3.8, 4) is 0 Å². The van der Waals surface area contributed by atoms with Crippen LogP contribution < -0.4 is 5.32 Å². The maximum atomic E-state index is 11.2. The van der Waals surface area contributed by atoms with E-state index in [0.29, 0.717) is 11.3 Å². The number of halogens is 2. The number of carboxylic acids is 1. The summed E-state index contributed by atoms with van der Waals surface area (Å²) in [5.74, 6) is -1.27. The van der Waals surface area contributed by atoms with Crippen molar-refractivity contribution < 1.29 is 19.6 Å². The molecule has 0 aliphatic heterocycles. The molecule has 0 saturated carbocycles. The summed E-state index contributed by atoms with van der Waals surface area (Å²) in [7, 11) is 0. The third-order valence-corrected chi connectivity index (χ3v) is 4.81. The van der Waals surface area contributed by atoms with E-state index in [1.807, 2.05) is 0 Å². The van der Waals surface area contributed by atoms with E-state index in [1.54, 1.807) is 6.07 Å². The fraction of sp³-hybridized carbons (Fsp3) is 0. The Hall–Kier alpha value is -2.29. The lowest BCUT2D eigenvalue weighted by atomic mass is 10.2. The molecule has 0 aliphatic carbocycles. The van der Waals surface area contributed by atoms with E-state index < -0.39 is 10.9 Å². The summed E-state index contributed by atoms with van der Waals surface area (Å²) < 4.78 is 0. The molecule has 0 radical (unpaired) electrons. The molecule has 0 aromatic heterocycles. The number of carboxylic acid groups (broad SMARTS) is 1. The van der Waals surface area contributed by atoms with Crippen molar-refractivity contribution in [1.29, 1.82) is 0 Å². The summed E-state index contributed by atoms with van der Waals surface area (Å²) >= 11 is 12.9. The SMILES string of the molecule is O=CNc1c(Sc2ccc(C(=O)O)cc2[N+](=O)[O-])ccc(Cl)c1Cl. The molecule has 0 saturated heterocycles. The summed E-state index contributed by atoms with van der Waals surface area (Å²) in [6.45, 7) is 0. The number of rotatable bonds is 6. The van der Waals surface area contributed by atoms with Crippen LogP contribution in [0.15, 0.2) is 40.1 Å². The molecule has 0 bridgehead atoms. The van der Waals surface area contributed by atoms with Crippen molar-refractivity contribution in [3.63, 3.8) is 0 Å². The zero-order chi connectivity index (χ0) is 17.9. The van der Waals surface area contributed by atoms with E-state index in [9.17, 15) is 19.7 Å². The average Bonchev–Trinajstić information content (AvgIpc) is 2.54. The highest BCUT2D eigenvalue weighted by atomic mass is 35.5. The van der Waals surface area contributed by atoms with E-state index >= 15 is 0 Å². The molecule has 7 nitrogen and oxygen atoms in total. The molecule has 24 heavy (non-hydrogen) atoms. The number of anilines is 1. The summed E-state index contributed by atoms with van der Waals surface area (Å²) in [6.07, 6.45) is 0.406. The van der Waals surface area contributed by atoms with Gasteiger partial charge in [-0.1, -0.05) is 35.0 Å². The van der Waals surface area contributed by atoms with Gasteiger partial charge in [0.2, 0.25) is 6.41 Å². The normalized spacial score (nSPS) is 10.2. The van der Waals surface area contributed by atoms with Crippen molar-refractivity contribution in [2.75, 3.05) is 5.32 Å². The van der Waals surface area contributed by atoms with Crippen LogP contribution in [0.4, 0.5) is 11.4 Å². The Labute approximate surface area is 149 Å². The van der Waals surface area contributed by atoms with E-state index in [4.69, 9.17) is 28.3 Å². The number of benzene rings is 2. The maximum Gasteiger partial charge on any atom is 0.335 e. The number of carbonyl (C=O) groups excluding carboxylic acids is 1.